The van der Waals surface area contributed by atoms with E-state index < -0.39 is 18.1 Å². The maximum atomic E-state index is 12.7. The number of ether oxygens (including phenoxy) is 7. The molecule has 4 aromatic rings. The Balaban J connectivity index is 0.735. The molecule has 2 amide bonds. The number of carbonyl (C=O) groups excluding carboxylic acids is 2. The van der Waals surface area contributed by atoms with Crippen molar-refractivity contribution in [1.29, 1.82) is 0 Å². The zero-order valence-corrected chi connectivity index (χ0v) is 42.7. The van der Waals surface area contributed by atoms with Crippen molar-refractivity contribution in [2.75, 3.05) is 103 Å². The molecule has 0 radical (unpaired) electrons. The number of fused-ring (bicyclic) bond motifs is 1. The van der Waals surface area contributed by atoms with Crippen LogP contribution in [0.25, 0.3) is 11.1 Å². The molecule has 5 atom stereocenters. The lowest BCUT2D eigenvalue weighted by atomic mass is 9.88. The van der Waals surface area contributed by atoms with Gasteiger partial charge in [-0.2, -0.15) is 0 Å². The highest BCUT2D eigenvalue weighted by atomic mass is 35.5. The van der Waals surface area contributed by atoms with E-state index in [9.17, 15) is 19.8 Å². The van der Waals surface area contributed by atoms with Gasteiger partial charge in [-0.05, 0) is 123 Å². The first-order valence-corrected chi connectivity index (χ1v) is 25.1. The monoisotopic (exact) mass is 1000 g/mol. The van der Waals surface area contributed by atoms with Crippen LogP contribution in [0.4, 0.5) is 16.2 Å². The summed E-state index contributed by atoms with van der Waals surface area (Å²) < 4.78 is 39.3. The summed E-state index contributed by atoms with van der Waals surface area (Å²) >= 11 is 6.13. The molecule has 16 nitrogen and oxygen atoms in total. The summed E-state index contributed by atoms with van der Waals surface area (Å²) in [7, 11) is 0. The summed E-state index contributed by atoms with van der Waals surface area (Å²) in [6.45, 7) is 15.2. The summed E-state index contributed by atoms with van der Waals surface area (Å²) in [5, 5.41) is 31.5. The third-order valence-corrected chi connectivity index (χ3v) is 12.3. The highest BCUT2D eigenvalue weighted by molar-refractivity contribution is 6.30. The van der Waals surface area contributed by atoms with Crippen LogP contribution in [0.5, 0.6) is 5.75 Å². The first-order chi connectivity index (χ1) is 34.3. The van der Waals surface area contributed by atoms with E-state index >= 15 is 0 Å². The first-order valence-electron chi connectivity index (χ1n) is 24.8. The second-order valence-electron chi connectivity index (χ2n) is 18.7. The third-order valence-electron chi connectivity index (χ3n) is 12.0. The predicted octanol–water partition coefficient (Wildman–Crippen LogP) is 8.03. The number of aliphatic hydroxyl groups excluding tert-OH is 2. The number of benzene rings is 4. The number of aliphatic hydroxyl groups is 2. The molecular formula is C54H74ClN5O11. The summed E-state index contributed by atoms with van der Waals surface area (Å²) in [4.78, 5) is 29.0. The minimum Gasteiger partial charge on any atom is -0.489 e. The fraction of sp³-hybridized carbons (Fsp3) is 0.519. The van der Waals surface area contributed by atoms with E-state index in [1.54, 1.807) is 11.8 Å². The molecule has 0 bridgehead atoms. The van der Waals surface area contributed by atoms with Gasteiger partial charge in [-0.15, -0.1) is 0 Å². The van der Waals surface area contributed by atoms with Gasteiger partial charge in [-0.25, -0.2) is 4.79 Å². The van der Waals surface area contributed by atoms with Gasteiger partial charge < -0.3 is 58.5 Å². The zero-order chi connectivity index (χ0) is 50.6. The van der Waals surface area contributed by atoms with E-state index in [0.29, 0.717) is 96.5 Å². The van der Waals surface area contributed by atoms with Crippen molar-refractivity contribution >= 4 is 35.0 Å². The van der Waals surface area contributed by atoms with Crippen LogP contribution in [0.15, 0.2) is 91.0 Å². The molecule has 0 aliphatic carbocycles. The van der Waals surface area contributed by atoms with Crippen LogP contribution in [0.1, 0.15) is 88.9 Å². The number of hydrogen-bond donors (Lipinski definition) is 5. The molecule has 5 N–H and O–H groups in total. The molecule has 1 saturated heterocycles. The van der Waals surface area contributed by atoms with Gasteiger partial charge in [0.2, 0.25) is 5.91 Å². The van der Waals surface area contributed by atoms with Crippen LogP contribution in [-0.4, -0.2) is 137 Å². The fourth-order valence-electron chi connectivity index (χ4n) is 8.60. The van der Waals surface area contributed by atoms with Gasteiger partial charge in [-0.1, -0.05) is 54.1 Å². The Labute approximate surface area is 424 Å². The van der Waals surface area contributed by atoms with Gasteiger partial charge in [0.25, 0.3) is 0 Å². The van der Waals surface area contributed by atoms with Crippen LogP contribution in [0.3, 0.4) is 0 Å². The van der Waals surface area contributed by atoms with Crippen LogP contribution in [-0.2, 0) is 33.2 Å². The maximum Gasteiger partial charge on any atom is 0.410 e. The highest BCUT2D eigenvalue weighted by Crippen LogP contribution is 2.41. The Kier molecular flexibility index (Phi) is 22.2. The van der Waals surface area contributed by atoms with Crippen LogP contribution in [0, 0.1) is 0 Å². The van der Waals surface area contributed by atoms with Gasteiger partial charge in [0.1, 0.15) is 30.4 Å². The SMILES string of the molecule is CC(=O)N1c2ccc(-c3ccc(C(O)NCCOCCOCCOCCOCCOCCNC(O)COc4ccc(C5CCCN5C(=O)OC(C)(C)C)cc4)cc3)cc2[C@H](Nc2ccc(Cl)cc2)C[C@@H]1C. The van der Waals surface area contributed by atoms with Crippen LogP contribution < -0.4 is 25.6 Å². The lowest BCUT2D eigenvalue weighted by Gasteiger charge is -2.39. The minimum absolute atomic E-state index is 0.00125. The number of nitrogens with zero attached hydrogens (tertiary/aromatic N) is 2. The predicted molar refractivity (Wildman–Crippen MR) is 275 cm³/mol. The number of nitrogens with one attached hydrogen (secondary N) is 3. The van der Waals surface area contributed by atoms with Crippen LogP contribution >= 0.6 is 11.6 Å². The summed E-state index contributed by atoms with van der Waals surface area (Å²) in [5.41, 5.74) is 6.18. The molecule has 17 heteroatoms. The number of halogens is 1. The van der Waals surface area contributed by atoms with Crippen molar-refractivity contribution in [1.82, 2.24) is 15.5 Å². The molecule has 0 spiro atoms. The molecule has 6 rings (SSSR count). The highest BCUT2D eigenvalue weighted by Gasteiger charge is 2.34. The van der Waals surface area contributed by atoms with Crippen molar-refractivity contribution in [2.45, 2.75) is 90.1 Å². The number of likely N-dealkylation sites (tertiary alicyclic amines) is 1. The van der Waals surface area contributed by atoms with Crippen molar-refractivity contribution in [2.24, 2.45) is 0 Å². The largest absolute Gasteiger partial charge is 0.489 e. The van der Waals surface area contributed by atoms with Crippen molar-refractivity contribution in [3.63, 3.8) is 0 Å². The van der Waals surface area contributed by atoms with Gasteiger partial charge in [0.15, 0.2) is 0 Å². The summed E-state index contributed by atoms with van der Waals surface area (Å²) in [5.74, 6) is 0.649. The lowest BCUT2D eigenvalue weighted by Crippen LogP contribution is -2.43. The molecule has 3 unspecified atom stereocenters. The maximum absolute atomic E-state index is 12.7. The van der Waals surface area contributed by atoms with Gasteiger partial charge in [0, 0.05) is 49.0 Å². The number of anilines is 2. The van der Waals surface area contributed by atoms with E-state index in [1.807, 2.05) is 111 Å². The minimum atomic E-state index is -0.858. The number of rotatable bonds is 28. The Morgan fingerprint density at radius 1 is 0.746 bits per heavy atom. The molecule has 0 aromatic heterocycles. The zero-order valence-electron chi connectivity index (χ0n) is 41.9. The third kappa shape index (κ3) is 18.0. The lowest BCUT2D eigenvalue weighted by molar-refractivity contribution is -0.117. The van der Waals surface area contributed by atoms with Gasteiger partial charge in [0.05, 0.1) is 78.2 Å². The Hall–Kier alpha value is -4.85. The van der Waals surface area contributed by atoms with Crippen molar-refractivity contribution in [3.05, 3.63) is 113 Å². The number of amides is 2. The van der Waals surface area contributed by atoms with Crippen LogP contribution in [0.2, 0.25) is 5.02 Å². The standard InChI is InChI=1S/C54H74ClN5O11/c1-38-35-48(58-45-17-15-44(55)16-18-45)47-36-43(14-21-50(47)60(38)39(2)61)40-8-10-42(11-9-40)52(63)57-23-26-66-28-30-68-32-34-69-33-31-67-29-27-65-25-22-56-51(62)37-70-46-19-12-41(13-20-46)49-7-6-24-59(49)53(64)71-54(3,4)5/h8-21,36,38,48-49,51-52,56-58,62-63H,6-7,22-35,37H2,1-5H3/t38-,48+,49?,51?,52?/m0/s1. The molecule has 4 aromatic carbocycles. The van der Waals surface area contributed by atoms with Crippen molar-refractivity contribution in [3.8, 4) is 16.9 Å². The topological polar surface area (TPSA) is 182 Å². The smallest absolute Gasteiger partial charge is 0.410 e. The Morgan fingerprint density at radius 2 is 1.32 bits per heavy atom. The average molecular weight is 1000 g/mol. The van der Waals surface area contributed by atoms with E-state index in [-0.39, 0.29) is 36.7 Å². The number of hydrogen-bond acceptors (Lipinski definition) is 14. The number of carbonyl (C=O) groups is 2. The molecule has 0 saturated carbocycles. The first kappa shape index (κ1) is 55.5. The molecule has 71 heavy (non-hydrogen) atoms. The average Bonchev–Trinajstić information content (AvgIpc) is 3.85. The summed E-state index contributed by atoms with van der Waals surface area (Å²) in [6.07, 6.45) is 0.565. The molecule has 2 heterocycles. The van der Waals surface area contributed by atoms with Gasteiger partial charge in [-0.3, -0.25) is 15.4 Å². The molecule has 2 aliphatic rings. The molecule has 1 fully saturated rings. The molecule has 388 valence electrons. The van der Waals surface area contributed by atoms with Gasteiger partial charge >= 0.3 is 6.09 Å². The van der Waals surface area contributed by atoms with E-state index in [0.717, 1.165) is 58.5 Å². The van der Waals surface area contributed by atoms with Crippen molar-refractivity contribution < 1.29 is 53.0 Å². The quantitative estimate of drug-likeness (QED) is 0.0273. The molecular weight excluding hydrogens is 930 g/mol. The Morgan fingerprint density at radius 3 is 1.92 bits per heavy atom. The second-order valence-corrected chi connectivity index (χ2v) is 19.1. The summed E-state index contributed by atoms with van der Waals surface area (Å²) in [6, 6.07) is 29.3. The van der Waals surface area contributed by atoms with E-state index in [4.69, 9.17) is 44.8 Å². The van der Waals surface area contributed by atoms with E-state index in [2.05, 4.69) is 28.9 Å². The second kappa shape index (κ2) is 28.4. The van der Waals surface area contributed by atoms with E-state index in [1.165, 1.54) is 0 Å². The molecule has 2 aliphatic heterocycles. The normalized spacial score (nSPS) is 17.7. The Bertz CT molecular complexity index is 2210. The fourth-order valence-corrected chi connectivity index (χ4v) is 8.73.